The van der Waals surface area contributed by atoms with Crippen LogP contribution in [-0.2, 0) is 16.0 Å². The topological polar surface area (TPSA) is 58.6 Å². The minimum Gasteiger partial charge on any atom is -0.492 e. The first-order chi connectivity index (χ1) is 13.5. The molecule has 2 aromatic carbocycles. The Morgan fingerprint density at radius 1 is 1.18 bits per heavy atom. The Balaban J connectivity index is 1.75. The van der Waals surface area contributed by atoms with Crippen LogP contribution in [0.5, 0.6) is 5.75 Å². The molecule has 1 aliphatic heterocycles. The van der Waals surface area contributed by atoms with E-state index in [4.69, 9.17) is 4.74 Å². The third-order valence-corrected chi connectivity index (χ3v) is 4.98. The lowest BCUT2D eigenvalue weighted by molar-refractivity contribution is -0.126. The lowest BCUT2D eigenvalue weighted by atomic mass is 10.0. The second-order valence-corrected chi connectivity index (χ2v) is 7.28. The summed E-state index contributed by atoms with van der Waals surface area (Å²) in [5.74, 6) is 0.470. The molecule has 2 aromatic rings. The SMILES string of the molecule is CCCCc1ccc2c(c1)[C@@H](NC(C)=O)C(=O)N2CCOc1ccc(C)cc1. The Labute approximate surface area is 166 Å². The molecule has 0 radical (unpaired) electrons. The van der Waals surface area contributed by atoms with E-state index < -0.39 is 6.04 Å². The average Bonchev–Trinajstić information content (AvgIpc) is 2.92. The highest BCUT2D eigenvalue weighted by atomic mass is 16.5. The van der Waals surface area contributed by atoms with E-state index in [1.807, 2.05) is 37.3 Å². The molecule has 148 valence electrons. The van der Waals surface area contributed by atoms with Crippen LogP contribution in [0.15, 0.2) is 42.5 Å². The quantitative estimate of drug-likeness (QED) is 0.755. The van der Waals surface area contributed by atoms with Gasteiger partial charge in [0.1, 0.15) is 18.4 Å². The third kappa shape index (κ3) is 4.53. The zero-order valence-electron chi connectivity index (χ0n) is 16.8. The summed E-state index contributed by atoms with van der Waals surface area (Å²) >= 11 is 0. The fourth-order valence-corrected chi connectivity index (χ4v) is 3.49. The number of benzene rings is 2. The minimum absolute atomic E-state index is 0.106. The van der Waals surface area contributed by atoms with Crippen LogP contribution in [0, 0.1) is 6.92 Å². The van der Waals surface area contributed by atoms with E-state index in [0.29, 0.717) is 13.2 Å². The molecule has 28 heavy (non-hydrogen) atoms. The maximum absolute atomic E-state index is 13.0. The van der Waals surface area contributed by atoms with E-state index in [9.17, 15) is 9.59 Å². The predicted molar refractivity (Wildman–Crippen MR) is 111 cm³/mol. The van der Waals surface area contributed by atoms with Crippen LogP contribution in [0.2, 0.25) is 0 Å². The van der Waals surface area contributed by atoms with Gasteiger partial charge < -0.3 is 15.0 Å². The minimum atomic E-state index is -0.617. The summed E-state index contributed by atoms with van der Waals surface area (Å²) in [6.07, 6.45) is 3.19. The van der Waals surface area contributed by atoms with Gasteiger partial charge in [-0.25, -0.2) is 0 Å². The van der Waals surface area contributed by atoms with Gasteiger partial charge in [0, 0.05) is 18.2 Å². The van der Waals surface area contributed by atoms with Crippen LogP contribution in [0.4, 0.5) is 5.69 Å². The Kier molecular flexibility index (Phi) is 6.34. The number of ether oxygens (including phenoxy) is 1. The summed E-state index contributed by atoms with van der Waals surface area (Å²) in [5, 5.41) is 2.80. The summed E-state index contributed by atoms with van der Waals surface area (Å²) < 4.78 is 5.80. The summed E-state index contributed by atoms with van der Waals surface area (Å²) in [6.45, 7) is 6.45. The highest BCUT2D eigenvalue weighted by Gasteiger charge is 2.37. The van der Waals surface area contributed by atoms with E-state index in [-0.39, 0.29) is 11.8 Å². The molecule has 5 nitrogen and oxygen atoms in total. The number of unbranched alkanes of at least 4 members (excludes halogenated alkanes) is 1. The van der Waals surface area contributed by atoms with Crippen molar-refractivity contribution < 1.29 is 14.3 Å². The number of hydrogen-bond acceptors (Lipinski definition) is 3. The number of hydrogen-bond donors (Lipinski definition) is 1. The monoisotopic (exact) mass is 380 g/mol. The van der Waals surface area contributed by atoms with Crippen molar-refractivity contribution in [1.82, 2.24) is 5.32 Å². The van der Waals surface area contributed by atoms with E-state index in [0.717, 1.165) is 36.3 Å². The van der Waals surface area contributed by atoms with Gasteiger partial charge in [0.05, 0.1) is 6.54 Å². The van der Waals surface area contributed by atoms with Gasteiger partial charge in [-0.15, -0.1) is 0 Å². The van der Waals surface area contributed by atoms with Gasteiger partial charge in [0.15, 0.2) is 0 Å². The molecule has 1 atom stereocenters. The molecular weight excluding hydrogens is 352 g/mol. The second-order valence-electron chi connectivity index (χ2n) is 7.28. The molecule has 1 aliphatic rings. The van der Waals surface area contributed by atoms with E-state index in [1.54, 1.807) is 4.90 Å². The van der Waals surface area contributed by atoms with Crippen LogP contribution in [0.3, 0.4) is 0 Å². The molecule has 0 unspecified atom stereocenters. The smallest absolute Gasteiger partial charge is 0.254 e. The van der Waals surface area contributed by atoms with E-state index in [1.165, 1.54) is 18.1 Å². The van der Waals surface area contributed by atoms with Gasteiger partial charge in [0.2, 0.25) is 5.91 Å². The Hall–Kier alpha value is -2.82. The average molecular weight is 380 g/mol. The van der Waals surface area contributed by atoms with E-state index >= 15 is 0 Å². The number of amides is 2. The van der Waals surface area contributed by atoms with Crippen molar-refractivity contribution in [3.8, 4) is 5.75 Å². The highest BCUT2D eigenvalue weighted by Crippen LogP contribution is 2.36. The molecule has 5 heteroatoms. The maximum atomic E-state index is 13.0. The van der Waals surface area contributed by atoms with Crippen molar-refractivity contribution in [3.63, 3.8) is 0 Å². The molecule has 0 bridgehead atoms. The van der Waals surface area contributed by atoms with Gasteiger partial charge >= 0.3 is 0 Å². The molecule has 0 aromatic heterocycles. The predicted octanol–water partition coefficient (Wildman–Crippen LogP) is 3.94. The highest BCUT2D eigenvalue weighted by molar-refractivity contribution is 6.06. The molecular formula is C23H28N2O3. The Morgan fingerprint density at radius 2 is 1.93 bits per heavy atom. The molecule has 0 fully saturated rings. The van der Waals surface area contributed by atoms with Gasteiger partial charge in [-0.3, -0.25) is 9.59 Å². The number of carbonyl (C=O) groups excluding carboxylic acids is 2. The maximum Gasteiger partial charge on any atom is 0.254 e. The van der Waals surface area contributed by atoms with Crippen LogP contribution in [0.1, 0.15) is 49.4 Å². The molecule has 3 rings (SSSR count). The number of carbonyl (C=O) groups is 2. The molecule has 1 N–H and O–H groups in total. The number of aryl methyl sites for hydroxylation is 2. The van der Waals surface area contributed by atoms with Gasteiger partial charge in [-0.2, -0.15) is 0 Å². The molecule has 0 aliphatic carbocycles. The number of nitrogens with zero attached hydrogens (tertiary/aromatic N) is 1. The molecule has 1 heterocycles. The van der Waals surface area contributed by atoms with Crippen molar-refractivity contribution >= 4 is 17.5 Å². The number of fused-ring (bicyclic) bond motifs is 1. The summed E-state index contributed by atoms with van der Waals surface area (Å²) in [5.41, 5.74) is 4.11. The summed E-state index contributed by atoms with van der Waals surface area (Å²) in [4.78, 5) is 26.3. The molecule has 2 amide bonds. The fourth-order valence-electron chi connectivity index (χ4n) is 3.49. The second kappa shape index (κ2) is 8.91. The number of nitrogens with one attached hydrogen (secondary N) is 1. The molecule has 0 saturated heterocycles. The van der Waals surface area contributed by atoms with Crippen molar-refractivity contribution in [2.24, 2.45) is 0 Å². The van der Waals surface area contributed by atoms with Gasteiger partial charge in [-0.1, -0.05) is 43.2 Å². The van der Waals surface area contributed by atoms with Crippen molar-refractivity contribution in [2.75, 3.05) is 18.1 Å². The Bertz CT molecular complexity index is 845. The van der Waals surface area contributed by atoms with Crippen molar-refractivity contribution in [1.29, 1.82) is 0 Å². The van der Waals surface area contributed by atoms with Crippen molar-refractivity contribution in [3.05, 3.63) is 59.2 Å². The molecule has 0 spiro atoms. The van der Waals surface area contributed by atoms with Gasteiger partial charge in [0.25, 0.3) is 5.91 Å². The summed E-state index contributed by atoms with van der Waals surface area (Å²) in [7, 11) is 0. The first-order valence-corrected chi connectivity index (χ1v) is 9.90. The third-order valence-electron chi connectivity index (χ3n) is 4.98. The number of rotatable bonds is 8. The first kappa shape index (κ1) is 19.9. The first-order valence-electron chi connectivity index (χ1n) is 9.90. The molecule has 0 saturated carbocycles. The zero-order valence-corrected chi connectivity index (χ0v) is 16.8. The van der Waals surface area contributed by atoms with Crippen LogP contribution < -0.4 is 15.0 Å². The van der Waals surface area contributed by atoms with Crippen LogP contribution >= 0.6 is 0 Å². The van der Waals surface area contributed by atoms with Crippen LogP contribution in [0.25, 0.3) is 0 Å². The fraction of sp³-hybridized carbons (Fsp3) is 0.391. The Morgan fingerprint density at radius 3 is 2.61 bits per heavy atom. The van der Waals surface area contributed by atoms with Crippen LogP contribution in [-0.4, -0.2) is 25.0 Å². The van der Waals surface area contributed by atoms with E-state index in [2.05, 4.69) is 24.4 Å². The van der Waals surface area contributed by atoms with Crippen molar-refractivity contribution in [2.45, 2.75) is 46.1 Å². The summed E-state index contributed by atoms with van der Waals surface area (Å²) in [6, 6.07) is 13.4. The zero-order chi connectivity index (χ0) is 20.1. The lowest BCUT2D eigenvalue weighted by Crippen LogP contribution is -2.38. The lowest BCUT2D eigenvalue weighted by Gasteiger charge is -2.18. The largest absolute Gasteiger partial charge is 0.492 e. The standard InChI is InChI=1S/C23H28N2O3/c1-4-5-6-18-9-12-21-20(15-18)22(24-17(3)26)23(27)25(21)13-14-28-19-10-7-16(2)8-11-19/h7-12,15,22H,4-6,13-14H2,1-3H3,(H,24,26)/t22-/m1/s1. The van der Waals surface area contributed by atoms with Gasteiger partial charge in [-0.05, 0) is 43.5 Å². The normalized spacial score (nSPS) is 15.5. The number of anilines is 1.